The lowest BCUT2D eigenvalue weighted by Gasteiger charge is -2.28. The van der Waals surface area contributed by atoms with E-state index in [4.69, 9.17) is 27.9 Å². The number of nitrogens with zero attached hydrogens (tertiary/aromatic N) is 3. The Morgan fingerprint density at radius 2 is 1.78 bits per heavy atom. The van der Waals surface area contributed by atoms with Gasteiger partial charge in [0, 0.05) is 59.8 Å². The molecule has 4 rings (SSSR count). The number of hydrogen-bond acceptors (Lipinski definition) is 8. The summed E-state index contributed by atoms with van der Waals surface area (Å²) in [5.41, 5.74) is 2.32. The first-order valence-corrected chi connectivity index (χ1v) is 13.6. The van der Waals surface area contributed by atoms with Crippen LogP contribution >= 0.6 is 23.2 Å². The maximum absolute atomic E-state index is 12.4. The first-order valence-electron chi connectivity index (χ1n) is 11.3. The monoisotopic (exact) mass is 548 g/mol. The third-order valence-corrected chi connectivity index (χ3v) is 6.62. The van der Waals surface area contributed by atoms with Gasteiger partial charge in [0.25, 0.3) is 5.91 Å². The summed E-state index contributed by atoms with van der Waals surface area (Å²) >= 11 is 10.6. The standard InChI is InChI=1S/C24H26Cl2N6O3S/c1-36(34)24-30-21(27-8-9-28-23(33)19-7-2-16(25)14-20(19)26)15-22(31-24)29-17-3-5-18(6-4-17)32-10-12-35-13-11-32/h2-7,14-15H,8-13H2,1H3,(H,28,33)(H2,27,29,30,31). The lowest BCUT2D eigenvalue weighted by atomic mass is 10.2. The number of carbonyl (C=O) groups is 1. The van der Waals surface area contributed by atoms with Crippen molar-refractivity contribution in [1.29, 1.82) is 0 Å². The Labute approximate surface area is 222 Å². The molecule has 3 N–H and O–H groups in total. The number of nitrogens with one attached hydrogen (secondary N) is 3. The number of amides is 1. The van der Waals surface area contributed by atoms with E-state index in [1.807, 2.05) is 24.3 Å². The minimum absolute atomic E-state index is 0.199. The molecule has 0 saturated carbocycles. The van der Waals surface area contributed by atoms with Crippen molar-refractivity contribution in [3.05, 3.63) is 64.1 Å². The molecule has 1 fully saturated rings. The molecule has 1 atom stereocenters. The zero-order chi connectivity index (χ0) is 25.5. The largest absolute Gasteiger partial charge is 0.609 e. The highest BCUT2D eigenvalue weighted by atomic mass is 35.5. The second-order valence-electron chi connectivity index (χ2n) is 7.95. The fraction of sp³-hybridized carbons (Fsp3) is 0.292. The fourth-order valence-electron chi connectivity index (χ4n) is 3.57. The summed E-state index contributed by atoms with van der Waals surface area (Å²) < 4.78 is 17.5. The molecular weight excluding hydrogens is 523 g/mol. The number of anilines is 4. The maximum Gasteiger partial charge on any atom is 0.346 e. The molecule has 12 heteroatoms. The van der Waals surface area contributed by atoms with Gasteiger partial charge in [0.05, 0.1) is 23.8 Å². The highest BCUT2D eigenvalue weighted by Crippen LogP contribution is 2.23. The Morgan fingerprint density at radius 1 is 1.06 bits per heavy atom. The van der Waals surface area contributed by atoms with E-state index >= 15 is 0 Å². The van der Waals surface area contributed by atoms with Crippen LogP contribution in [0.2, 0.25) is 10.0 Å². The number of hydrogen-bond donors (Lipinski definition) is 3. The van der Waals surface area contributed by atoms with Crippen molar-refractivity contribution in [2.75, 3.05) is 61.2 Å². The number of carbonyl (C=O) groups excluding carboxylic acids is 1. The zero-order valence-electron chi connectivity index (χ0n) is 19.6. The first-order chi connectivity index (χ1) is 17.4. The highest BCUT2D eigenvalue weighted by Gasteiger charge is 2.15. The van der Waals surface area contributed by atoms with E-state index in [0.29, 0.717) is 35.3 Å². The number of rotatable bonds is 9. The average molecular weight is 549 g/mol. The van der Waals surface area contributed by atoms with Crippen LogP contribution in [0.1, 0.15) is 10.4 Å². The summed E-state index contributed by atoms with van der Waals surface area (Å²) in [6.45, 7) is 3.90. The van der Waals surface area contributed by atoms with Crippen molar-refractivity contribution < 1.29 is 14.1 Å². The molecule has 0 radical (unpaired) electrons. The summed E-state index contributed by atoms with van der Waals surface area (Å²) in [5, 5.41) is 10.1. The molecule has 1 aromatic heterocycles. The molecule has 36 heavy (non-hydrogen) atoms. The molecule has 1 amide bonds. The predicted octanol–water partition coefficient (Wildman–Crippen LogP) is 3.94. The molecule has 2 aromatic carbocycles. The normalized spacial score (nSPS) is 14.3. The van der Waals surface area contributed by atoms with Crippen LogP contribution < -0.4 is 20.9 Å². The van der Waals surface area contributed by atoms with Crippen LogP contribution in [-0.4, -0.2) is 66.1 Å². The van der Waals surface area contributed by atoms with Gasteiger partial charge in [-0.25, -0.2) is 0 Å². The number of aromatic nitrogens is 2. The van der Waals surface area contributed by atoms with Crippen LogP contribution in [0.5, 0.6) is 0 Å². The number of morpholine rings is 1. The van der Waals surface area contributed by atoms with Crippen LogP contribution in [0.15, 0.2) is 53.7 Å². The van der Waals surface area contributed by atoms with E-state index in [1.165, 1.54) is 12.3 Å². The lowest BCUT2D eigenvalue weighted by molar-refractivity contribution is 0.0955. The van der Waals surface area contributed by atoms with Gasteiger partial charge in [-0.05, 0) is 42.5 Å². The van der Waals surface area contributed by atoms with Gasteiger partial charge in [0.1, 0.15) is 17.9 Å². The van der Waals surface area contributed by atoms with Crippen molar-refractivity contribution in [3.63, 3.8) is 0 Å². The number of ether oxygens (including phenoxy) is 1. The van der Waals surface area contributed by atoms with Crippen LogP contribution in [0.25, 0.3) is 0 Å². The van der Waals surface area contributed by atoms with E-state index in [-0.39, 0.29) is 16.1 Å². The van der Waals surface area contributed by atoms with Crippen molar-refractivity contribution >= 4 is 63.3 Å². The average Bonchev–Trinajstić information content (AvgIpc) is 2.87. The maximum atomic E-state index is 12.4. The summed E-state index contributed by atoms with van der Waals surface area (Å²) in [6, 6.07) is 14.5. The van der Waals surface area contributed by atoms with Crippen molar-refractivity contribution in [2.24, 2.45) is 0 Å². The summed E-state index contributed by atoms with van der Waals surface area (Å²) in [5.74, 6) is 0.689. The molecule has 190 valence electrons. The first kappa shape index (κ1) is 26.3. The van der Waals surface area contributed by atoms with Crippen LogP contribution in [0.3, 0.4) is 0 Å². The minimum Gasteiger partial charge on any atom is -0.609 e. The van der Waals surface area contributed by atoms with Crippen LogP contribution in [0, 0.1) is 0 Å². The Morgan fingerprint density at radius 3 is 2.47 bits per heavy atom. The molecular formula is C24H26Cl2N6O3S. The van der Waals surface area contributed by atoms with Gasteiger partial charge in [-0.15, -0.1) is 0 Å². The quantitative estimate of drug-likeness (QED) is 0.209. The lowest BCUT2D eigenvalue weighted by Crippen LogP contribution is -2.36. The second-order valence-corrected chi connectivity index (χ2v) is 10.1. The van der Waals surface area contributed by atoms with E-state index in [1.54, 1.807) is 18.2 Å². The van der Waals surface area contributed by atoms with Gasteiger partial charge in [0.2, 0.25) is 0 Å². The molecule has 0 aliphatic carbocycles. The van der Waals surface area contributed by atoms with E-state index in [0.717, 1.165) is 37.7 Å². The van der Waals surface area contributed by atoms with Crippen molar-refractivity contribution in [1.82, 2.24) is 15.3 Å². The summed E-state index contributed by atoms with van der Waals surface area (Å²) in [6.07, 6.45) is 1.52. The van der Waals surface area contributed by atoms with Crippen LogP contribution in [0.4, 0.5) is 23.0 Å². The number of benzene rings is 2. The number of halogens is 2. The Balaban J connectivity index is 1.36. The van der Waals surface area contributed by atoms with Gasteiger partial charge in [-0.1, -0.05) is 23.2 Å². The van der Waals surface area contributed by atoms with Gasteiger partial charge >= 0.3 is 5.16 Å². The smallest absolute Gasteiger partial charge is 0.346 e. The molecule has 0 bridgehead atoms. The summed E-state index contributed by atoms with van der Waals surface area (Å²) in [7, 11) is 0. The van der Waals surface area contributed by atoms with Crippen molar-refractivity contribution in [2.45, 2.75) is 5.16 Å². The summed E-state index contributed by atoms with van der Waals surface area (Å²) in [4.78, 5) is 23.3. The molecule has 9 nitrogen and oxygen atoms in total. The van der Waals surface area contributed by atoms with Gasteiger partial charge < -0.3 is 30.1 Å². The van der Waals surface area contributed by atoms with Gasteiger partial charge in [0.15, 0.2) is 0 Å². The SMILES string of the molecule is C[S+]([O-])c1nc(NCCNC(=O)c2ccc(Cl)cc2Cl)cc(Nc2ccc(N3CCOCC3)cc2)n1. The molecule has 0 spiro atoms. The third-order valence-electron chi connectivity index (χ3n) is 5.37. The van der Waals surface area contributed by atoms with Crippen molar-refractivity contribution in [3.8, 4) is 0 Å². The van der Waals surface area contributed by atoms with E-state index in [2.05, 4.69) is 30.8 Å². The Kier molecular flexibility index (Phi) is 9.11. The topological polar surface area (TPSA) is 114 Å². The zero-order valence-corrected chi connectivity index (χ0v) is 21.9. The molecule has 1 saturated heterocycles. The van der Waals surface area contributed by atoms with Gasteiger partial charge in [-0.2, -0.15) is 9.97 Å². The molecule has 3 aromatic rings. The Bertz CT molecular complexity index is 1190. The molecule has 2 heterocycles. The minimum atomic E-state index is -1.37. The predicted molar refractivity (Wildman–Crippen MR) is 144 cm³/mol. The highest BCUT2D eigenvalue weighted by molar-refractivity contribution is 7.90. The van der Waals surface area contributed by atoms with Crippen LogP contribution in [-0.2, 0) is 15.9 Å². The second kappa shape index (κ2) is 12.5. The third kappa shape index (κ3) is 7.14. The van der Waals surface area contributed by atoms with E-state index < -0.39 is 11.2 Å². The molecule has 1 unspecified atom stereocenters. The molecule has 1 aliphatic heterocycles. The Hall–Kier alpha value is -2.76. The van der Waals surface area contributed by atoms with Gasteiger partial charge in [-0.3, -0.25) is 4.79 Å². The van der Waals surface area contributed by atoms with E-state index in [9.17, 15) is 9.35 Å². The fourth-order valence-corrected chi connectivity index (χ4v) is 4.52. The molecule has 1 aliphatic rings.